The summed E-state index contributed by atoms with van der Waals surface area (Å²) in [7, 11) is 2.80. The quantitative estimate of drug-likeness (QED) is 0.242. The van der Waals surface area contributed by atoms with E-state index in [-0.39, 0.29) is 36.1 Å². The SMILES string of the molecule is COc1cc(/C=C2/C(C)=C(CC(=O)NCc3ccco3)c3cc(F)ccc32)cc(OC)c1OC(=O)C(C)=O. The number of esters is 1. The Morgan fingerprint density at radius 3 is 2.34 bits per heavy atom. The highest BCUT2D eigenvalue weighted by Crippen LogP contribution is 2.45. The fourth-order valence-corrected chi connectivity index (χ4v) is 4.22. The zero-order valence-corrected chi connectivity index (χ0v) is 21.3. The Balaban J connectivity index is 1.71. The molecule has 0 atom stereocenters. The van der Waals surface area contributed by atoms with E-state index in [1.807, 2.05) is 13.0 Å². The van der Waals surface area contributed by atoms with Gasteiger partial charge in [0.1, 0.15) is 11.6 Å². The van der Waals surface area contributed by atoms with Crippen LogP contribution in [0.15, 0.2) is 58.7 Å². The Bertz CT molecular complexity index is 1440. The number of fused-ring (bicyclic) bond motifs is 1. The Morgan fingerprint density at radius 2 is 1.74 bits per heavy atom. The molecule has 9 heteroatoms. The molecule has 4 rings (SSSR count). The van der Waals surface area contributed by atoms with Crippen LogP contribution >= 0.6 is 0 Å². The van der Waals surface area contributed by atoms with E-state index in [9.17, 15) is 18.8 Å². The fraction of sp³-hybridized carbons (Fsp3) is 0.207. The first-order chi connectivity index (χ1) is 18.2. The average molecular weight is 520 g/mol. The van der Waals surface area contributed by atoms with Gasteiger partial charge >= 0.3 is 5.97 Å². The molecule has 0 aliphatic heterocycles. The first-order valence-electron chi connectivity index (χ1n) is 11.7. The first kappa shape index (κ1) is 26.4. The van der Waals surface area contributed by atoms with Gasteiger partial charge in [0.05, 0.1) is 33.4 Å². The van der Waals surface area contributed by atoms with E-state index in [0.717, 1.165) is 23.6 Å². The number of allylic oxidation sites excluding steroid dienone is 2. The molecule has 0 unspecified atom stereocenters. The van der Waals surface area contributed by atoms with E-state index >= 15 is 0 Å². The van der Waals surface area contributed by atoms with E-state index in [2.05, 4.69) is 5.32 Å². The van der Waals surface area contributed by atoms with Crippen LogP contribution in [0.3, 0.4) is 0 Å². The molecule has 1 aliphatic rings. The molecule has 1 amide bonds. The predicted octanol–water partition coefficient (Wildman–Crippen LogP) is 4.96. The van der Waals surface area contributed by atoms with Crippen LogP contribution in [0.25, 0.3) is 17.2 Å². The molecule has 0 spiro atoms. The first-order valence-corrected chi connectivity index (χ1v) is 11.7. The second kappa shape index (κ2) is 11.2. The molecule has 0 fully saturated rings. The molecule has 1 aliphatic carbocycles. The minimum atomic E-state index is -1.05. The fourth-order valence-electron chi connectivity index (χ4n) is 4.22. The van der Waals surface area contributed by atoms with Gasteiger partial charge in [-0.3, -0.25) is 9.59 Å². The van der Waals surface area contributed by atoms with Crippen LogP contribution < -0.4 is 19.5 Å². The largest absolute Gasteiger partial charge is 0.493 e. The minimum Gasteiger partial charge on any atom is -0.493 e. The highest BCUT2D eigenvalue weighted by atomic mass is 19.1. The highest BCUT2D eigenvalue weighted by Gasteiger charge is 2.26. The lowest BCUT2D eigenvalue weighted by Crippen LogP contribution is -2.22. The molecule has 1 heterocycles. The monoisotopic (exact) mass is 519 g/mol. The second-order valence-corrected chi connectivity index (χ2v) is 8.58. The van der Waals surface area contributed by atoms with Crippen molar-refractivity contribution in [2.45, 2.75) is 26.8 Å². The van der Waals surface area contributed by atoms with Gasteiger partial charge in [0.15, 0.2) is 11.5 Å². The smallest absolute Gasteiger partial charge is 0.379 e. The van der Waals surface area contributed by atoms with Gasteiger partial charge in [-0.05, 0) is 82.8 Å². The van der Waals surface area contributed by atoms with Crippen molar-refractivity contribution in [2.24, 2.45) is 0 Å². The number of ketones is 1. The molecule has 196 valence electrons. The van der Waals surface area contributed by atoms with Crippen molar-refractivity contribution in [1.29, 1.82) is 0 Å². The summed E-state index contributed by atoms with van der Waals surface area (Å²) in [4.78, 5) is 36.0. The topological polar surface area (TPSA) is 104 Å². The molecular formula is C29H26FNO7. The van der Waals surface area contributed by atoms with Crippen molar-refractivity contribution in [3.05, 3.63) is 82.6 Å². The number of Topliss-reactive ketones (excluding diaryl/α,β-unsaturated/α-hetero) is 1. The van der Waals surface area contributed by atoms with Gasteiger partial charge in [-0.2, -0.15) is 0 Å². The predicted molar refractivity (Wildman–Crippen MR) is 138 cm³/mol. The van der Waals surface area contributed by atoms with Gasteiger partial charge in [-0.25, -0.2) is 9.18 Å². The molecule has 0 saturated carbocycles. The Hall–Kier alpha value is -4.66. The van der Waals surface area contributed by atoms with Gasteiger partial charge in [-0.15, -0.1) is 0 Å². The third-order valence-electron chi connectivity index (χ3n) is 6.11. The number of hydrogen-bond acceptors (Lipinski definition) is 7. The zero-order chi connectivity index (χ0) is 27.4. The lowest BCUT2D eigenvalue weighted by Gasteiger charge is -2.14. The molecule has 0 bridgehead atoms. The van der Waals surface area contributed by atoms with Crippen LogP contribution in [0.2, 0.25) is 0 Å². The van der Waals surface area contributed by atoms with E-state index in [4.69, 9.17) is 18.6 Å². The van der Waals surface area contributed by atoms with Crippen molar-refractivity contribution in [2.75, 3.05) is 14.2 Å². The summed E-state index contributed by atoms with van der Waals surface area (Å²) in [5.41, 5.74) is 4.33. The van der Waals surface area contributed by atoms with Crippen molar-refractivity contribution < 1.29 is 37.4 Å². The molecule has 3 aromatic rings. The molecule has 0 radical (unpaired) electrons. The number of methoxy groups -OCH3 is 2. The Kier molecular flexibility index (Phi) is 7.76. The van der Waals surface area contributed by atoms with Crippen molar-refractivity contribution in [3.8, 4) is 17.2 Å². The number of furan rings is 1. The summed E-state index contributed by atoms with van der Waals surface area (Å²) in [6, 6.07) is 11.2. The lowest BCUT2D eigenvalue weighted by molar-refractivity contribution is -0.146. The maximum Gasteiger partial charge on any atom is 0.379 e. The van der Waals surface area contributed by atoms with Crippen LogP contribution in [-0.4, -0.2) is 31.9 Å². The maximum absolute atomic E-state index is 14.2. The van der Waals surface area contributed by atoms with Gasteiger partial charge in [-0.1, -0.05) is 6.07 Å². The Morgan fingerprint density at radius 1 is 1.03 bits per heavy atom. The number of nitrogens with one attached hydrogen (secondary N) is 1. The Labute approximate surface area is 218 Å². The molecule has 2 aromatic carbocycles. The molecule has 1 N–H and O–H groups in total. The zero-order valence-electron chi connectivity index (χ0n) is 21.3. The summed E-state index contributed by atoms with van der Waals surface area (Å²) in [6.45, 7) is 3.22. The van der Waals surface area contributed by atoms with Crippen molar-refractivity contribution >= 4 is 34.9 Å². The number of carbonyl (C=O) groups is 3. The number of benzene rings is 2. The van der Waals surface area contributed by atoms with Crippen LogP contribution in [0, 0.1) is 5.82 Å². The number of carbonyl (C=O) groups excluding carboxylic acids is 3. The molecule has 38 heavy (non-hydrogen) atoms. The summed E-state index contributed by atoms with van der Waals surface area (Å²) >= 11 is 0. The van der Waals surface area contributed by atoms with Crippen molar-refractivity contribution in [1.82, 2.24) is 5.32 Å². The van der Waals surface area contributed by atoms with Gasteiger partial charge in [0.2, 0.25) is 17.4 Å². The average Bonchev–Trinajstić information content (AvgIpc) is 3.50. The summed E-state index contributed by atoms with van der Waals surface area (Å²) in [5, 5.41) is 2.82. The third kappa shape index (κ3) is 5.51. The lowest BCUT2D eigenvalue weighted by atomic mass is 10.00. The van der Waals surface area contributed by atoms with Gasteiger partial charge < -0.3 is 23.9 Å². The summed E-state index contributed by atoms with van der Waals surface area (Å²) < 4.78 is 35.5. The summed E-state index contributed by atoms with van der Waals surface area (Å²) in [6.07, 6.45) is 3.43. The van der Waals surface area contributed by atoms with Gasteiger partial charge in [0.25, 0.3) is 0 Å². The standard InChI is InChI=1S/C29H26FNO7/c1-16-22(10-18-11-25(35-3)28(26(12-18)36-4)38-29(34)17(2)32)21-8-7-19(30)13-24(21)23(16)14-27(33)31-15-20-6-5-9-37-20/h5-13H,14-15H2,1-4H3,(H,31,33)/b22-10-. The van der Waals surface area contributed by atoms with Crippen molar-refractivity contribution in [3.63, 3.8) is 0 Å². The number of ether oxygens (including phenoxy) is 3. The number of halogens is 1. The maximum atomic E-state index is 14.2. The second-order valence-electron chi connectivity index (χ2n) is 8.58. The number of amides is 1. The van der Waals surface area contributed by atoms with E-state index in [1.54, 1.807) is 30.3 Å². The number of hydrogen-bond donors (Lipinski definition) is 1. The minimum absolute atomic E-state index is 0.0209. The summed E-state index contributed by atoms with van der Waals surface area (Å²) in [5.74, 6) is -1.48. The van der Waals surface area contributed by atoms with Crippen LogP contribution in [0.1, 0.15) is 42.7 Å². The molecule has 1 aromatic heterocycles. The van der Waals surface area contributed by atoms with E-state index in [0.29, 0.717) is 22.5 Å². The third-order valence-corrected chi connectivity index (χ3v) is 6.11. The molecule has 8 nitrogen and oxygen atoms in total. The van der Waals surface area contributed by atoms with Crippen LogP contribution in [0.5, 0.6) is 17.2 Å². The van der Waals surface area contributed by atoms with E-state index < -0.39 is 17.6 Å². The van der Waals surface area contributed by atoms with Crippen LogP contribution in [-0.2, 0) is 20.9 Å². The normalized spacial score (nSPS) is 13.3. The highest BCUT2D eigenvalue weighted by molar-refractivity contribution is 6.33. The number of rotatable bonds is 9. The van der Waals surface area contributed by atoms with Gasteiger partial charge in [0, 0.05) is 6.92 Å². The molecule has 0 saturated heterocycles. The van der Waals surface area contributed by atoms with E-state index in [1.165, 1.54) is 32.6 Å². The van der Waals surface area contributed by atoms with Crippen LogP contribution in [0.4, 0.5) is 4.39 Å². The molecular weight excluding hydrogens is 493 g/mol.